The van der Waals surface area contributed by atoms with Crippen LogP contribution in [0.1, 0.15) is 41.0 Å². The molecule has 2 unspecified atom stereocenters. The molecule has 2 bridgehead atoms. The van der Waals surface area contributed by atoms with E-state index in [-0.39, 0.29) is 0 Å². The summed E-state index contributed by atoms with van der Waals surface area (Å²) in [4.78, 5) is 5.41. The molecule has 3 heterocycles. The van der Waals surface area contributed by atoms with Gasteiger partial charge in [-0.25, -0.2) is 0 Å². The number of hydrogen-bond acceptors (Lipinski definition) is 2. The predicted octanol–water partition coefficient (Wildman–Crippen LogP) is 2.45. The lowest BCUT2D eigenvalue weighted by molar-refractivity contribution is 0.0276. The van der Waals surface area contributed by atoms with Gasteiger partial charge < -0.3 is 0 Å². The highest BCUT2D eigenvalue weighted by Gasteiger charge is 2.45. The van der Waals surface area contributed by atoms with Gasteiger partial charge in [0, 0.05) is 31.7 Å². The van der Waals surface area contributed by atoms with Gasteiger partial charge in [-0.2, -0.15) is 0 Å². The number of rotatable bonds is 2. The Morgan fingerprint density at radius 1 is 1.19 bits per heavy atom. The SMILES string of the molecule is CCN1CC2CN(C(C)C)CC1C(C)(C)C2. The van der Waals surface area contributed by atoms with E-state index in [4.69, 9.17) is 0 Å². The fourth-order valence-corrected chi connectivity index (χ4v) is 3.78. The van der Waals surface area contributed by atoms with E-state index >= 15 is 0 Å². The molecule has 0 amide bonds. The van der Waals surface area contributed by atoms with E-state index < -0.39 is 0 Å². The van der Waals surface area contributed by atoms with Crippen molar-refractivity contribution in [2.45, 2.75) is 53.1 Å². The van der Waals surface area contributed by atoms with Gasteiger partial charge >= 0.3 is 0 Å². The number of likely N-dealkylation sites (N-methyl/N-ethyl adjacent to an activating group) is 1. The maximum atomic E-state index is 2.72. The third-order valence-corrected chi connectivity index (χ3v) is 4.69. The van der Waals surface area contributed by atoms with Gasteiger partial charge in [0.15, 0.2) is 0 Å². The molecule has 3 aliphatic rings. The number of piperidine rings is 1. The number of hydrogen-bond donors (Lipinski definition) is 0. The Labute approximate surface area is 101 Å². The van der Waals surface area contributed by atoms with Crippen molar-refractivity contribution in [1.82, 2.24) is 9.80 Å². The third-order valence-electron chi connectivity index (χ3n) is 4.69. The lowest BCUT2D eigenvalue weighted by atomic mass is 9.73. The van der Waals surface area contributed by atoms with Crippen molar-refractivity contribution in [2.24, 2.45) is 11.3 Å². The fourth-order valence-electron chi connectivity index (χ4n) is 3.78. The summed E-state index contributed by atoms with van der Waals surface area (Å²) in [6.45, 7) is 17.1. The first kappa shape index (κ1) is 12.4. The van der Waals surface area contributed by atoms with E-state index in [9.17, 15) is 0 Å². The van der Waals surface area contributed by atoms with Gasteiger partial charge in [-0.15, -0.1) is 0 Å². The van der Waals surface area contributed by atoms with E-state index in [2.05, 4.69) is 44.4 Å². The largest absolute Gasteiger partial charge is 0.299 e. The molecule has 0 saturated carbocycles. The Bertz CT molecular complexity index is 247. The van der Waals surface area contributed by atoms with Crippen LogP contribution in [0.25, 0.3) is 0 Å². The Hall–Kier alpha value is -0.0800. The van der Waals surface area contributed by atoms with Gasteiger partial charge in [0.1, 0.15) is 0 Å². The van der Waals surface area contributed by atoms with Gasteiger partial charge in [0.2, 0.25) is 0 Å². The highest BCUT2D eigenvalue weighted by molar-refractivity contribution is 4.99. The Morgan fingerprint density at radius 3 is 2.44 bits per heavy atom. The maximum absolute atomic E-state index is 2.72. The second-order valence-corrected chi connectivity index (χ2v) is 6.71. The Balaban J connectivity index is 2.22. The molecule has 0 aromatic rings. The molecule has 3 saturated heterocycles. The van der Waals surface area contributed by atoms with Crippen molar-refractivity contribution in [3.63, 3.8) is 0 Å². The maximum Gasteiger partial charge on any atom is 0.0274 e. The van der Waals surface area contributed by atoms with Crippen LogP contribution in [0.3, 0.4) is 0 Å². The van der Waals surface area contributed by atoms with Crippen LogP contribution in [0.15, 0.2) is 0 Å². The molecule has 0 aliphatic carbocycles. The first-order valence-electron chi connectivity index (χ1n) is 6.92. The zero-order chi connectivity index (χ0) is 11.9. The van der Waals surface area contributed by atoms with Crippen LogP contribution >= 0.6 is 0 Å². The first-order chi connectivity index (χ1) is 7.44. The molecule has 94 valence electrons. The van der Waals surface area contributed by atoms with Gasteiger partial charge in [0.05, 0.1) is 0 Å². The second-order valence-electron chi connectivity index (χ2n) is 6.71. The number of nitrogens with zero attached hydrogens (tertiary/aromatic N) is 2. The van der Waals surface area contributed by atoms with E-state index in [1.165, 1.54) is 32.6 Å². The third kappa shape index (κ3) is 2.14. The highest BCUT2D eigenvalue weighted by Crippen LogP contribution is 2.41. The van der Waals surface area contributed by atoms with Crippen LogP contribution in [0.5, 0.6) is 0 Å². The Kier molecular flexibility index (Phi) is 3.33. The topological polar surface area (TPSA) is 6.48 Å². The molecule has 0 aromatic carbocycles. The quantitative estimate of drug-likeness (QED) is 0.711. The average Bonchev–Trinajstić information content (AvgIpc) is 2.43. The minimum atomic E-state index is 0.503. The lowest BCUT2D eigenvalue weighted by Crippen LogP contribution is -2.53. The van der Waals surface area contributed by atoms with Crippen LogP contribution < -0.4 is 0 Å². The van der Waals surface area contributed by atoms with Crippen molar-refractivity contribution in [3.8, 4) is 0 Å². The highest BCUT2D eigenvalue weighted by atomic mass is 15.3. The zero-order valence-corrected chi connectivity index (χ0v) is 11.7. The van der Waals surface area contributed by atoms with Gasteiger partial charge in [-0.1, -0.05) is 20.8 Å². The van der Waals surface area contributed by atoms with Crippen LogP contribution in [0, 0.1) is 11.3 Å². The summed E-state index contributed by atoms with van der Waals surface area (Å²) in [6, 6.07) is 1.47. The summed E-state index contributed by atoms with van der Waals surface area (Å²) in [5.41, 5.74) is 0.503. The molecule has 3 rings (SSSR count). The molecule has 3 aliphatic heterocycles. The molecule has 2 nitrogen and oxygen atoms in total. The van der Waals surface area contributed by atoms with Gasteiger partial charge in [0.25, 0.3) is 0 Å². The molecule has 2 heteroatoms. The monoisotopic (exact) mass is 224 g/mol. The van der Waals surface area contributed by atoms with Crippen LogP contribution in [0.2, 0.25) is 0 Å². The molecular formula is C14H28N2. The van der Waals surface area contributed by atoms with Gasteiger partial charge in [-0.3, -0.25) is 9.80 Å². The smallest absolute Gasteiger partial charge is 0.0274 e. The minimum Gasteiger partial charge on any atom is -0.299 e. The van der Waals surface area contributed by atoms with Crippen molar-refractivity contribution in [2.75, 3.05) is 26.2 Å². The summed E-state index contributed by atoms with van der Waals surface area (Å²) < 4.78 is 0. The Morgan fingerprint density at radius 2 is 1.88 bits per heavy atom. The summed E-state index contributed by atoms with van der Waals surface area (Å²) >= 11 is 0. The summed E-state index contributed by atoms with van der Waals surface area (Å²) in [5.74, 6) is 0.885. The minimum absolute atomic E-state index is 0.503. The lowest BCUT2D eigenvalue weighted by Gasteiger charge is -2.47. The zero-order valence-electron chi connectivity index (χ0n) is 11.7. The molecular weight excluding hydrogens is 196 g/mol. The van der Waals surface area contributed by atoms with Gasteiger partial charge in [-0.05, 0) is 38.1 Å². The summed E-state index contributed by atoms with van der Waals surface area (Å²) in [6.07, 6.45) is 1.41. The molecule has 0 aromatic heterocycles. The van der Waals surface area contributed by atoms with Crippen LogP contribution in [-0.2, 0) is 0 Å². The van der Waals surface area contributed by atoms with E-state index in [0.717, 1.165) is 12.0 Å². The predicted molar refractivity (Wildman–Crippen MR) is 69.6 cm³/mol. The molecule has 16 heavy (non-hydrogen) atoms. The molecule has 2 atom stereocenters. The molecule has 0 spiro atoms. The fraction of sp³-hybridized carbons (Fsp3) is 1.00. The molecule has 3 fully saturated rings. The first-order valence-corrected chi connectivity index (χ1v) is 6.92. The van der Waals surface area contributed by atoms with Crippen LogP contribution in [0.4, 0.5) is 0 Å². The van der Waals surface area contributed by atoms with Crippen molar-refractivity contribution < 1.29 is 0 Å². The van der Waals surface area contributed by atoms with Crippen molar-refractivity contribution >= 4 is 0 Å². The van der Waals surface area contributed by atoms with Crippen molar-refractivity contribution in [3.05, 3.63) is 0 Å². The normalized spacial score (nSPS) is 35.6. The summed E-state index contributed by atoms with van der Waals surface area (Å²) in [5, 5.41) is 0. The van der Waals surface area contributed by atoms with Crippen molar-refractivity contribution in [1.29, 1.82) is 0 Å². The average molecular weight is 224 g/mol. The summed E-state index contributed by atoms with van der Waals surface area (Å²) in [7, 11) is 0. The molecule has 0 N–H and O–H groups in total. The molecule has 0 radical (unpaired) electrons. The van der Waals surface area contributed by atoms with Crippen LogP contribution in [-0.4, -0.2) is 48.1 Å². The second kappa shape index (κ2) is 4.30. The van der Waals surface area contributed by atoms with E-state index in [0.29, 0.717) is 11.5 Å². The number of fused-ring (bicyclic) bond motifs is 4. The van der Waals surface area contributed by atoms with E-state index in [1.807, 2.05) is 0 Å². The van der Waals surface area contributed by atoms with E-state index in [1.54, 1.807) is 0 Å². The standard InChI is InChI=1S/C14H28N2/c1-6-15-8-12-7-14(4,5)13(15)10-16(9-12)11(2)3/h11-13H,6-10H2,1-5H3.